The summed E-state index contributed by atoms with van der Waals surface area (Å²) in [5.74, 6) is -0.0235. The van der Waals surface area contributed by atoms with Crippen LogP contribution in [0.5, 0.6) is 0 Å². The third-order valence-corrected chi connectivity index (χ3v) is 16.7. The summed E-state index contributed by atoms with van der Waals surface area (Å²) in [5.41, 5.74) is 0. The van der Waals surface area contributed by atoms with Crippen molar-refractivity contribution >= 4 is 5.91 Å². The van der Waals surface area contributed by atoms with Gasteiger partial charge in [0.1, 0.15) is 0 Å². The van der Waals surface area contributed by atoms with Crippen LogP contribution in [-0.4, -0.2) is 34.9 Å². The molecule has 0 aliphatic carbocycles. The van der Waals surface area contributed by atoms with Crippen molar-refractivity contribution in [2.45, 2.75) is 411 Å². The lowest BCUT2D eigenvalue weighted by atomic mass is 10.0. The molecule has 0 aliphatic heterocycles. The van der Waals surface area contributed by atoms with E-state index in [-0.39, 0.29) is 12.5 Å². The lowest BCUT2D eigenvalue weighted by Gasteiger charge is -2.22. The van der Waals surface area contributed by atoms with E-state index in [0.29, 0.717) is 12.8 Å². The zero-order chi connectivity index (χ0) is 54.8. The van der Waals surface area contributed by atoms with Crippen molar-refractivity contribution in [3.63, 3.8) is 0 Å². The van der Waals surface area contributed by atoms with Crippen LogP contribution in [0.15, 0.2) is 36.5 Å². The minimum absolute atomic E-state index is 0.0235. The SMILES string of the molecule is CCCCCCC/C=C\C/C=C\C/C=C\CCCCCCCCCCCCCCCCCCCCC(=O)NC(CO)C(O)CCCCCCCCCCCCCCCCCCCCCCCCCCCCCCCCC. The van der Waals surface area contributed by atoms with E-state index in [1.807, 2.05) is 0 Å². The molecule has 4 heteroatoms. The van der Waals surface area contributed by atoms with E-state index < -0.39 is 12.1 Å². The molecule has 0 heterocycles. The van der Waals surface area contributed by atoms with Crippen molar-refractivity contribution in [3.8, 4) is 0 Å². The van der Waals surface area contributed by atoms with Gasteiger partial charge in [0, 0.05) is 6.42 Å². The van der Waals surface area contributed by atoms with Gasteiger partial charge in [0.2, 0.25) is 5.91 Å². The Balaban J connectivity index is 3.39. The standard InChI is InChI=1S/C72H139NO3/c1-3-5-7-9-11-13-15-17-19-21-23-25-27-29-31-33-35-36-38-40-42-44-46-48-50-52-54-56-58-60-62-64-66-68-72(76)73-70(69-74)71(75)67-65-63-61-59-57-55-53-51-49-47-45-43-41-39-37-34-32-30-28-26-24-22-20-18-16-14-12-10-8-6-4-2/h15,17,21,23,27,29,70-71,74-75H,3-14,16,18-20,22,24-26,28,30-69H2,1-2H3,(H,73,76)/b17-15-,23-21-,29-27-. The van der Waals surface area contributed by atoms with Gasteiger partial charge in [0.15, 0.2) is 0 Å². The molecular formula is C72H139NO3. The highest BCUT2D eigenvalue weighted by Crippen LogP contribution is 2.19. The molecule has 3 N–H and O–H groups in total. The largest absolute Gasteiger partial charge is 0.394 e. The third-order valence-electron chi connectivity index (χ3n) is 16.7. The monoisotopic (exact) mass is 1070 g/mol. The van der Waals surface area contributed by atoms with Crippen LogP contribution in [-0.2, 0) is 4.79 Å². The van der Waals surface area contributed by atoms with Crippen LogP contribution in [0.4, 0.5) is 0 Å². The molecule has 0 aliphatic rings. The molecule has 0 radical (unpaired) electrons. The molecule has 0 aromatic rings. The number of amides is 1. The second-order valence-electron chi connectivity index (χ2n) is 24.3. The zero-order valence-electron chi connectivity index (χ0n) is 52.1. The number of carbonyl (C=O) groups is 1. The molecule has 1 amide bonds. The Morgan fingerprint density at radius 2 is 0.539 bits per heavy atom. The highest BCUT2D eigenvalue weighted by molar-refractivity contribution is 5.76. The average Bonchev–Trinajstić information content (AvgIpc) is 3.42. The molecule has 0 bridgehead atoms. The van der Waals surface area contributed by atoms with Gasteiger partial charge in [-0.2, -0.15) is 0 Å². The number of rotatable bonds is 66. The van der Waals surface area contributed by atoms with Gasteiger partial charge in [0.25, 0.3) is 0 Å². The minimum atomic E-state index is -0.661. The fourth-order valence-electron chi connectivity index (χ4n) is 11.3. The van der Waals surface area contributed by atoms with E-state index in [9.17, 15) is 15.0 Å². The van der Waals surface area contributed by atoms with E-state index >= 15 is 0 Å². The van der Waals surface area contributed by atoms with Gasteiger partial charge < -0.3 is 15.5 Å². The summed E-state index contributed by atoms with van der Waals surface area (Å²) in [6, 6.07) is -0.537. The Labute approximate surface area is 478 Å². The average molecular weight is 1070 g/mol. The lowest BCUT2D eigenvalue weighted by Crippen LogP contribution is -2.45. The van der Waals surface area contributed by atoms with E-state index in [1.165, 1.54) is 334 Å². The van der Waals surface area contributed by atoms with Crippen molar-refractivity contribution < 1.29 is 15.0 Å². The van der Waals surface area contributed by atoms with Crippen molar-refractivity contribution in [2.75, 3.05) is 6.61 Å². The van der Waals surface area contributed by atoms with Crippen LogP contribution < -0.4 is 5.32 Å². The fraction of sp³-hybridized carbons (Fsp3) is 0.903. The quantitative estimate of drug-likeness (QED) is 0.0420. The number of allylic oxidation sites excluding steroid dienone is 6. The Kier molecular flexibility index (Phi) is 66.6. The summed E-state index contributed by atoms with van der Waals surface area (Å²) < 4.78 is 0. The maximum atomic E-state index is 12.6. The number of carbonyl (C=O) groups excluding carboxylic acids is 1. The Morgan fingerprint density at radius 3 is 0.803 bits per heavy atom. The topological polar surface area (TPSA) is 69.6 Å². The highest BCUT2D eigenvalue weighted by atomic mass is 16.3. The van der Waals surface area contributed by atoms with Gasteiger partial charge in [-0.05, 0) is 51.4 Å². The first kappa shape index (κ1) is 74.6. The molecule has 0 aromatic heterocycles. The molecule has 450 valence electrons. The van der Waals surface area contributed by atoms with E-state index in [0.717, 1.165) is 38.5 Å². The molecular weight excluding hydrogens is 927 g/mol. The molecule has 2 atom stereocenters. The van der Waals surface area contributed by atoms with Crippen molar-refractivity contribution in [1.82, 2.24) is 5.32 Å². The number of aliphatic hydroxyl groups excluding tert-OH is 2. The molecule has 0 rings (SSSR count). The predicted molar refractivity (Wildman–Crippen MR) is 341 cm³/mol. The van der Waals surface area contributed by atoms with Crippen LogP contribution in [0.1, 0.15) is 399 Å². The summed E-state index contributed by atoms with van der Waals surface area (Å²) in [4.78, 5) is 12.6. The molecule has 2 unspecified atom stereocenters. The van der Waals surface area contributed by atoms with Gasteiger partial charge in [-0.3, -0.25) is 4.79 Å². The van der Waals surface area contributed by atoms with Crippen molar-refractivity contribution in [3.05, 3.63) is 36.5 Å². The minimum Gasteiger partial charge on any atom is -0.394 e. The Morgan fingerprint density at radius 1 is 0.316 bits per heavy atom. The second kappa shape index (κ2) is 67.9. The number of unbranched alkanes of at least 4 members (excludes halogenated alkanes) is 53. The number of aliphatic hydroxyl groups is 2. The first-order chi connectivity index (χ1) is 37.7. The Hall–Kier alpha value is -1.39. The van der Waals surface area contributed by atoms with E-state index in [4.69, 9.17) is 0 Å². The number of hydrogen-bond acceptors (Lipinski definition) is 3. The third kappa shape index (κ3) is 63.4. The van der Waals surface area contributed by atoms with Crippen molar-refractivity contribution in [2.24, 2.45) is 0 Å². The maximum Gasteiger partial charge on any atom is 0.220 e. The van der Waals surface area contributed by atoms with Gasteiger partial charge in [0.05, 0.1) is 18.8 Å². The fourth-order valence-corrected chi connectivity index (χ4v) is 11.3. The summed E-state index contributed by atoms with van der Waals surface area (Å²) in [6.07, 6.45) is 93.5. The van der Waals surface area contributed by atoms with E-state index in [1.54, 1.807) is 0 Å². The smallest absolute Gasteiger partial charge is 0.220 e. The molecule has 4 nitrogen and oxygen atoms in total. The van der Waals surface area contributed by atoms with Crippen molar-refractivity contribution in [1.29, 1.82) is 0 Å². The van der Waals surface area contributed by atoms with Crippen LogP contribution in [0.25, 0.3) is 0 Å². The zero-order valence-corrected chi connectivity index (χ0v) is 52.1. The van der Waals surface area contributed by atoms with Gasteiger partial charge >= 0.3 is 0 Å². The normalized spacial score (nSPS) is 12.8. The summed E-state index contributed by atoms with van der Waals surface area (Å²) in [7, 11) is 0. The highest BCUT2D eigenvalue weighted by Gasteiger charge is 2.20. The maximum absolute atomic E-state index is 12.6. The summed E-state index contributed by atoms with van der Waals surface area (Å²) >= 11 is 0. The van der Waals surface area contributed by atoms with Crippen LogP contribution in [0, 0.1) is 0 Å². The molecule has 0 aromatic carbocycles. The first-order valence-corrected chi connectivity index (χ1v) is 35.2. The van der Waals surface area contributed by atoms with Gasteiger partial charge in [-0.15, -0.1) is 0 Å². The molecule has 0 saturated carbocycles. The number of nitrogens with one attached hydrogen (secondary N) is 1. The number of hydrogen-bond donors (Lipinski definition) is 3. The van der Waals surface area contributed by atoms with Crippen LogP contribution >= 0.6 is 0 Å². The van der Waals surface area contributed by atoms with Crippen LogP contribution in [0.2, 0.25) is 0 Å². The first-order valence-electron chi connectivity index (χ1n) is 35.2. The Bertz CT molecular complexity index is 1160. The summed E-state index contributed by atoms with van der Waals surface area (Å²) in [6.45, 7) is 4.39. The van der Waals surface area contributed by atoms with Gasteiger partial charge in [-0.1, -0.05) is 378 Å². The molecule has 0 saturated heterocycles. The second-order valence-corrected chi connectivity index (χ2v) is 24.3. The molecule has 0 spiro atoms. The molecule has 0 fully saturated rings. The predicted octanol–water partition coefficient (Wildman–Crippen LogP) is 23.9. The van der Waals surface area contributed by atoms with Gasteiger partial charge in [-0.25, -0.2) is 0 Å². The summed E-state index contributed by atoms with van der Waals surface area (Å²) in [5, 5.41) is 23.5. The molecule has 76 heavy (non-hydrogen) atoms. The lowest BCUT2D eigenvalue weighted by molar-refractivity contribution is -0.123. The van der Waals surface area contributed by atoms with Crippen LogP contribution in [0.3, 0.4) is 0 Å². The van der Waals surface area contributed by atoms with E-state index in [2.05, 4.69) is 55.6 Å².